The average Bonchev–Trinajstić information content (AvgIpc) is 2.84. The highest BCUT2D eigenvalue weighted by Gasteiger charge is 2.15. The second-order valence-electron chi connectivity index (χ2n) is 4.65. The summed E-state index contributed by atoms with van der Waals surface area (Å²) < 4.78 is 2.05. The van der Waals surface area contributed by atoms with Crippen molar-refractivity contribution in [1.29, 1.82) is 5.26 Å². The maximum atomic E-state index is 9.17. The van der Waals surface area contributed by atoms with E-state index in [1.165, 1.54) is 0 Å². The summed E-state index contributed by atoms with van der Waals surface area (Å²) in [4.78, 5) is 0. The first-order valence-corrected chi connectivity index (χ1v) is 6.20. The van der Waals surface area contributed by atoms with E-state index in [-0.39, 0.29) is 0 Å². The number of halogens is 1. The predicted octanol–water partition coefficient (Wildman–Crippen LogP) is 3.22. The molecule has 1 N–H and O–H groups in total. The molecular formula is C13H15ClN4. The summed E-state index contributed by atoms with van der Waals surface area (Å²) in [6.45, 7) is 6.88. The van der Waals surface area contributed by atoms with Crippen molar-refractivity contribution in [3.8, 4) is 6.07 Å². The monoisotopic (exact) mass is 262 g/mol. The van der Waals surface area contributed by atoms with E-state index in [2.05, 4.69) is 34.7 Å². The third-order valence-electron chi connectivity index (χ3n) is 3.03. The zero-order chi connectivity index (χ0) is 13.3. The van der Waals surface area contributed by atoms with Gasteiger partial charge in [0.2, 0.25) is 0 Å². The van der Waals surface area contributed by atoms with Gasteiger partial charge in [-0.3, -0.25) is 5.10 Å². The molecule has 94 valence electrons. The van der Waals surface area contributed by atoms with Gasteiger partial charge in [0.05, 0.1) is 17.8 Å². The molecule has 0 amide bonds. The number of H-pyrrole nitrogens is 1. The van der Waals surface area contributed by atoms with E-state index in [9.17, 15) is 5.26 Å². The normalized spacial score (nSPS) is 10.9. The number of rotatable bonds is 3. The molecule has 18 heavy (non-hydrogen) atoms. The van der Waals surface area contributed by atoms with Crippen LogP contribution in [0.1, 0.15) is 42.3 Å². The lowest BCUT2D eigenvalue weighted by molar-refractivity contribution is 0.735. The molecule has 5 heteroatoms. The summed E-state index contributed by atoms with van der Waals surface area (Å²) in [5.41, 5.74) is 3.90. The van der Waals surface area contributed by atoms with Crippen molar-refractivity contribution < 1.29 is 0 Å². The third-order valence-corrected chi connectivity index (χ3v) is 3.23. The Bertz CT molecular complexity index is 601. The molecule has 0 spiro atoms. The minimum atomic E-state index is 0.339. The van der Waals surface area contributed by atoms with Gasteiger partial charge in [-0.05, 0) is 24.5 Å². The Kier molecular flexibility index (Phi) is 3.44. The van der Waals surface area contributed by atoms with Crippen molar-refractivity contribution in [2.75, 3.05) is 0 Å². The number of nitrogens with zero attached hydrogens (tertiary/aromatic N) is 3. The van der Waals surface area contributed by atoms with Gasteiger partial charge >= 0.3 is 0 Å². The number of nitriles is 1. The van der Waals surface area contributed by atoms with Crippen molar-refractivity contribution in [3.05, 3.63) is 39.9 Å². The van der Waals surface area contributed by atoms with Crippen LogP contribution in [0.5, 0.6) is 0 Å². The maximum absolute atomic E-state index is 9.17. The minimum Gasteiger partial charge on any atom is -0.344 e. The largest absolute Gasteiger partial charge is 0.344 e. The zero-order valence-corrected chi connectivity index (χ0v) is 11.4. The molecule has 0 atom stereocenters. The van der Waals surface area contributed by atoms with Gasteiger partial charge in [-0.2, -0.15) is 10.4 Å². The van der Waals surface area contributed by atoms with E-state index >= 15 is 0 Å². The molecule has 0 unspecified atom stereocenters. The highest BCUT2D eigenvalue weighted by atomic mass is 35.5. The van der Waals surface area contributed by atoms with E-state index in [1.54, 1.807) is 6.07 Å². The van der Waals surface area contributed by atoms with Crippen LogP contribution in [0.25, 0.3) is 0 Å². The average molecular weight is 263 g/mol. The molecule has 4 nitrogen and oxygen atoms in total. The highest BCUT2D eigenvalue weighted by Crippen LogP contribution is 2.25. The van der Waals surface area contributed by atoms with Crippen LogP contribution in [-0.4, -0.2) is 14.8 Å². The van der Waals surface area contributed by atoms with Gasteiger partial charge in [-0.25, -0.2) is 0 Å². The molecule has 0 fully saturated rings. The Balaban J connectivity index is 2.38. The molecule has 2 aromatic rings. The van der Waals surface area contributed by atoms with Gasteiger partial charge in [0.1, 0.15) is 6.07 Å². The Hall–Kier alpha value is -1.73. The first-order chi connectivity index (χ1) is 8.52. The fourth-order valence-corrected chi connectivity index (χ4v) is 2.43. The summed E-state index contributed by atoms with van der Waals surface area (Å²) in [6, 6.07) is 4.05. The molecule has 2 aromatic heterocycles. The van der Waals surface area contributed by atoms with Crippen LogP contribution in [-0.2, 0) is 6.54 Å². The second kappa shape index (κ2) is 4.87. The summed E-state index contributed by atoms with van der Waals surface area (Å²) >= 11 is 5.78. The molecular weight excluding hydrogens is 248 g/mol. The Morgan fingerprint density at radius 1 is 1.56 bits per heavy atom. The van der Waals surface area contributed by atoms with Gasteiger partial charge in [-0.1, -0.05) is 25.4 Å². The Morgan fingerprint density at radius 2 is 2.28 bits per heavy atom. The zero-order valence-electron chi connectivity index (χ0n) is 10.7. The molecule has 0 aliphatic heterocycles. The lowest BCUT2D eigenvalue weighted by Crippen LogP contribution is -2.02. The first kappa shape index (κ1) is 12.7. The molecule has 0 saturated carbocycles. The molecule has 2 heterocycles. The van der Waals surface area contributed by atoms with Crippen molar-refractivity contribution >= 4 is 11.6 Å². The number of hydrogen-bond donors (Lipinski definition) is 1. The van der Waals surface area contributed by atoms with Crippen LogP contribution in [0.2, 0.25) is 5.15 Å². The van der Waals surface area contributed by atoms with Gasteiger partial charge in [0.15, 0.2) is 5.15 Å². The predicted molar refractivity (Wildman–Crippen MR) is 70.7 cm³/mol. The number of nitrogens with one attached hydrogen (secondary N) is 1. The Morgan fingerprint density at radius 3 is 2.72 bits per heavy atom. The number of aromatic amines is 1. The Labute approximate surface area is 111 Å². The van der Waals surface area contributed by atoms with Crippen molar-refractivity contribution in [2.45, 2.75) is 33.2 Å². The quantitative estimate of drug-likeness (QED) is 0.923. The van der Waals surface area contributed by atoms with Crippen molar-refractivity contribution in [2.24, 2.45) is 0 Å². The molecule has 2 rings (SSSR count). The molecule has 0 aromatic carbocycles. The van der Waals surface area contributed by atoms with E-state index in [0.29, 0.717) is 17.6 Å². The van der Waals surface area contributed by atoms with Crippen LogP contribution >= 0.6 is 11.6 Å². The summed E-state index contributed by atoms with van der Waals surface area (Å²) in [5.74, 6) is 0.339. The van der Waals surface area contributed by atoms with Crippen molar-refractivity contribution in [3.63, 3.8) is 0 Å². The lowest BCUT2D eigenvalue weighted by Gasteiger charge is -2.08. The molecule has 0 saturated heterocycles. The molecule has 0 aliphatic carbocycles. The van der Waals surface area contributed by atoms with Gasteiger partial charge in [-0.15, -0.1) is 0 Å². The summed E-state index contributed by atoms with van der Waals surface area (Å²) in [5, 5.41) is 16.4. The van der Waals surface area contributed by atoms with Gasteiger partial charge < -0.3 is 4.57 Å². The second-order valence-corrected chi connectivity index (χ2v) is 5.04. The van der Waals surface area contributed by atoms with Crippen molar-refractivity contribution in [1.82, 2.24) is 14.8 Å². The van der Waals surface area contributed by atoms with Crippen LogP contribution in [0, 0.1) is 18.3 Å². The van der Waals surface area contributed by atoms with Crippen LogP contribution in [0.4, 0.5) is 0 Å². The highest BCUT2D eigenvalue weighted by molar-refractivity contribution is 6.29. The maximum Gasteiger partial charge on any atom is 0.151 e. The number of aromatic nitrogens is 3. The third kappa shape index (κ3) is 2.27. The molecule has 0 bridgehead atoms. The van der Waals surface area contributed by atoms with E-state index in [0.717, 1.165) is 22.5 Å². The fourth-order valence-electron chi connectivity index (χ4n) is 2.25. The fraction of sp³-hybridized carbons (Fsp3) is 0.385. The van der Waals surface area contributed by atoms with Crippen LogP contribution in [0.3, 0.4) is 0 Å². The van der Waals surface area contributed by atoms with Crippen LogP contribution < -0.4 is 0 Å². The summed E-state index contributed by atoms with van der Waals surface area (Å²) in [7, 11) is 0. The van der Waals surface area contributed by atoms with E-state index < -0.39 is 0 Å². The minimum absolute atomic E-state index is 0.339. The van der Waals surface area contributed by atoms with E-state index in [1.807, 2.05) is 13.1 Å². The SMILES string of the molecule is Cc1c(C(C)C)c(C#N)cn1Cc1cc(Cl)n[nH]1. The van der Waals surface area contributed by atoms with Gasteiger partial charge in [0.25, 0.3) is 0 Å². The standard InChI is InChI=1S/C13H15ClN4/c1-8(2)13-9(3)18(6-10(13)5-15)7-11-4-12(14)17-16-11/h4,6,8H,7H2,1-3H3,(H,16,17). The van der Waals surface area contributed by atoms with Gasteiger partial charge in [0, 0.05) is 11.9 Å². The first-order valence-electron chi connectivity index (χ1n) is 5.82. The smallest absolute Gasteiger partial charge is 0.151 e. The van der Waals surface area contributed by atoms with Crippen LogP contribution in [0.15, 0.2) is 12.3 Å². The molecule has 0 aliphatic rings. The topological polar surface area (TPSA) is 57.4 Å². The van der Waals surface area contributed by atoms with E-state index in [4.69, 9.17) is 11.6 Å². The lowest BCUT2D eigenvalue weighted by atomic mass is 10.00. The number of hydrogen-bond acceptors (Lipinski definition) is 2. The summed E-state index contributed by atoms with van der Waals surface area (Å²) in [6.07, 6.45) is 1.89. The molecule has 0 radical (unpaired) electrons.